The van der Waals surface area contributed by atoms with E-state index in [0.717, 1.165) is 0 Å². The van der Waals surface area contributed by atoms with Gasteiger partial charge in [-0.05, 0) is 6.92 Å². The number of halogens is 2. The number of carbonyl (C=O) groups is 1. The summed E-state index contributed by atoms with van der Waals surface area (Å²) in [5.74, 6) is -2.29. The zero-order valence-electron chi connectivity index (χ0n) is 6.55. The maximum Gasteiger partial charge on any atom is 0.456 e. The molecule has 0 saturated heterocycles. The topological polar surface area (TPSA) is 55.8 Å². The van der Waals surface area contributed by atoms with Crippen LogP contribution in [0, 0.1) is 0 Å². The van der Waals surface area contributed by atoms with Crippen LogP contribution >= 0.6 is 0 Å². The van der Waals surface area contributed by atoms with Gasteiger partial charge < -0.3 is 14.6 Å². The highest BCUT2D eigenvalue weighted by Crippen LogP contribution is 2.14. The third-order valence-electron chi connectivity index (χ3n) is 0.964. The van der Waals surface area contributed by atoms with Gasteiger partial charge in [-0.25, -0.2) is 4.79 Å². The fraction of sp³-hybridized carbons (Fsp3) is 0.833. The molecule has 0 aliphatic carbocycles. The second kappa shape index (κ2) is 5.00. The Bertz CT molecular complexity index is 148. The van der Waals surface area contributed by atoms with Crippen molar-refractivity contribution in [2.45, 2.75) is 13.0 Å². The smallest absolute Gasteiger partial charge is 0.456 e. The Morgan fingerprint density at radius 2 is 2.08 bits per heavy atom. The Morgan fingerprint density at radius 3 is 2.50 bits per heavy atom. The molecule has 0 radical (unpaired) electrons. The second-order valence-electron chi connectivity index (χ2n) is 1.87. The Balaban J connectivity index is 3.54. The molecule has 0 spiro atoms. The van der Waals surface area contributed by atoms with Crippen LogP contribution in [-0.4, -0.2) is 37.0 Å². The van der Waals surface area contributed by atoms with Crippen molar-refractivity contribution in [3.8, 4) is 0 Å². The molecule has 0 aromatic rings. The molecule has 0 fully saturated rings. The van der Waals surface area contributed by atoms with Crippen LogP contribution in [0.5, 0.6) is 0 Å². The highest BCUT2D eigenvalue weighted by molar-refractivity contribution is 5.73. The molecule has 0 bridgehead atoms. The number of carboxylic acids is 1. The van der Waals surface area contributed by atoms with Crippen molar-refractivity contribution in [1.82, 2.24) is 0 Å². The van der Waals surface area contributed by atoms with Gasteiger partial charge in [-0.15, -0.1) is 0 Å². The minimum absolute atomic E-state index is 0.0423. The minimum atomic E-state index is -4.11. The van der Waals surface area contributed by atoms with Gasteiger partial charge in [-0.1, -0.05) is 0 Å². The zero-order chi connectivity index (χ0) is 9.61. The summed E-state index contributed by atoms with van der Waals surface area (Å²) in [6, 6.07) is 0. The summed E-state index contributed by atoms with van der Waals surface area (Å²) in [6.45, 7) is 1.59. The van der Waals surface area contributed by atoms with E-state index in [-0.39, 0.29) is 6.61 Å². The quantitative estimate of drug-likeness (QED) is 0.618. The number of rotatable bonds is 6. The lowest BCUT2D eigenvalue weighted by molar-refractivity contribution is -0.248. The lowest BCUT2D eigenvalue weighted by Gasteiger charge is -2.11. The monoisotopic (exact) mass is 184 g/mol. The molecule has 4 nitrogen and oxygen atoms in total. The molecule has 72 valence electrons. The van der Waals surface area contributed by atoms with E-state index in [4.69, 9.17) is 5.11 Å². The molecule has 0 unspecified atom stereocenters. The highest BCUT2D eigenvalue weighted by Gasteiger charge is 2.40. The SMILES string of the molecule is CCOCCOC(F)(F)C(=O)O. The van der Waals surface area contributed by atoms with Gasteiger partial charge in [0.15, 0.2) is 0 Å². The van der Waals surface area contributed by atoms with Crippen molar-refractivity contribution in [1.29, 1.82) is 0 Å². The lowest BCUT2D eigenvalue weighted by atomic mass is 10.6. The zero-order valence-corrected chi connectivity index (χ0v) is 6.55. The Hall–Kier alpha value is -0.750. The van der Waals surface area contributed by atoms with Gasteiger partial charge in [0.25, 0.3) is 0 Å². The van der Waals surface area contributed by atoms with Gasteiger partial charge in [0.1, 0.15) is 0 Å². The molecule has 1 N–H and O–H groups in total. The summed E-state index contributed by atoms with van der Waals surface area (Å²) in [5.41, 5.74) is 0. The van der Waals surface area contributed by atoms with Crippen molar-refractivity contribution in [2.24, 2.45) is 0 Å². The average Bonchev–Trinajstić information content (AvgIpc) is 1.98. The van der Waals surface area contributed by atoms with E-state index in [1.54, 1.807) is 6.92 Å². The Morgan fingerprint density at radius 1 is 1.50 bits per heavy atom. The molecule has 6 heteroatoms. The van der Waals surface area contributed by atoms with Crippen LogP contribution in [0.4, 0.5) is 8.78 Å². The van der Waals surface area contributed by atoms with Crippen LogP contribution in [-0.2, 0) is 14.3 Å². The van der Waals surface area contributed by atoms with E-state index >= 15 is 0 Å². The molecule has 0 atom stereocenters. The Labute approximate surface area is 68.1 Å². The van der Waals surface area contributed by atoms with E-state index in [2.05, 4.69) is 9.47 Å². The molecular weight excluding hydrogens is 174 g/mol. The van der Waals surface area contributed by atoms with Crippen LogP contribution < -0.4 is 0 Å². The third kappa shape index (κ3) is 4.20. The van der Waals surface area contributed by atoms with Crippen LogP contribution in [0.2, 0.25) is 0 Å². The van der Waals surface area contributed by atoms with Crippen molar-refractivity contribution in [3.63, 3.8) is 0 Å². The van der Waals surface area contributed by atoms with E-state index in [0.29, 0.717) is 6.61 Å². The number of hydrogen-bond donors (Lipinski definition) is 1. The fourth-order valence-electron chi connectivity index (χ4n) is 0.435. The maximum atomic E-state index is 12.1. The van der Waals surface area contributed by atoms with Gasteiger partial charge in [-0.3, -0.25) is 0 Å². The summed E-state index contributed by atoms with van der Waals surface area (Å²) < 4.78 is 32.6. The first kappa shape index (κ1) is 11.2. The van der Waals surface area contributed by atoms with E-state index in [1.165, 1.54) is 0 Å². The normalized spacial score (nSPS) is 11.6. The molecule has 0 aromatic carbocycles. The van der Waals surface area contributed by atoms with Gasteiger partial charge in [-0.2, -0.15) is 8.78 Å². The van der Waals surface area contributed by atoms with E-state index in [1.807, 2.05) is 0 Å². The van der Waals surface area contributed by atoms with Crippen molar-refractivity contribution < 1.29 is 28.2 Å². The predicted molar refractivity (Wildman–Crippen MR) is 35.0 cm³/mol. The van der Waals surface area contributed by atoms with E-state index < -0.39 is 18.7 Å². The van der Waals surface area contributed by atoms with Gasteiger partial charge >= 0.3 is 12.1 Å². The molecule has 0 amide bonds. The number of ether oxygens (including phenoxy) is 2. The highest BCUT2D eigenvalue weighted by atomic mass is 19.3. The lowest BCUT2D eigenvalue weighted by Crippen LogP contribution is -2.32. The predicted octanol–water partition coefficient (Wildman–Crippen LogP) is 0.717. The summed E-state index contributed by atoms with van der Waals surface area (Å²) in [5, 5.41) is 7.88. The van der Waals surface area contributed by atoms with Crippen molar-refractivity contribution >= 4 is 5.97 Å². The summed E-state index contributed by atoms with van der Waals surface area (Å²) in [7, 11) is 0. The van der Waals surface area contributed by atoms with Crippen LogP contribution in [0.25, 0.3) is 0 Å². The number of alkyl halides is 2. The first-order chi connectivity index (χ1) is 5.50. The fourth-order valence-corrected chi connectivity index (χ4v) is 0.435. The molecule has 0 aromatic heterocycles. The second-order valence-corrected chi connectivity index (χ2v) is 1.87. The molecule has 0 aliphatic heterocycles. The number of carboxylic acid groups (broad SMARTS) is 1. The van der Waals surface area contributed by atoms with E-state index in [9.17, 15) is 13.6 Å². The molecule has 0 heterocycles. The van der Waals surface area contributed by atoms with Gasteiger partial charge in [0, 0.05) is 6.61 Å². The maximum absolute atomic E-state index is 12.1. The third-order valence-corrected chi connectivity index (χ3v) is 0.964. The summed E-state index contributed by atoms with van der Waals surface area (Å²) in [6.07, 6.45) is -4.11. The van der Waals surface area contributed by atoms with Gasteiger partial charge in [0.05, 0.1) is 13.2 Å². The van der Waals surface area contributed by atoms with Gasteiger partial charge in [0.2, 0.25) is 0 Å². The van der Waals surface area contributed by atoms with Crippen LogP contribution in [0.1, 0.15) is 6.92 Å². The first-order valence-corrected chi connectivity index (χ1v) is 3.33. The number of hydrogen-bond acceptors (Lipinski definition) is 3. The first-order valence-electron chi connectivity index (χ1n) is 3.33. The molecular formula is C6H10F2O4. The molecule has 0 aliphatic rings. The van der Waals surface area contributed by atoms with Crippen LogP contribution in [0.3, 0.4) is 0 Å². The largest absolute Gasteiger partial charge is 0.475 e. The van der Waals surface area contributed by atoms with Crippen molar-refractivity contribution in [2.75, 3.05) is 19.8 Å². The molecule has 0 rings (SSSR count). The summed E-state index contributed by atoms with van der Waals surface area (Å²) >= 11 is 0. The molecule has 12 heavy (non-hydrogen) atoms. The minimum Gasteiger partial charge on any atom is -0.475 e. The standard InChI is InChI=1S/C6H10F2O4/c1-2-11-3-4-12-6(7,8)5(9)10/h2-4H2,1H3,(H,9,10). The Kier molecular flexibility index (Phi) is 4.68. The molecule has 0 saturated carbocycles. The summed E-state index contributed by atoms with van der Waals surface area (Å²) in [4.78, 5) is 9.77. The van der Waals surface area contributed by atoms with Crippen LogP contribution in [0.15, 0.2) is 0 Å². The van der Waals surface area contributed by atoms with Crippen molar-refractivity contribution in [3.05, 3.63) is 0 Å². The average molecular weight is 184 g/mol. The number of aliphatic carboxylic acids is 1.